The largest absolute Gasteiger partial charge is 0.389 e. The molecule has 0 saturated carbocycles. The number of benzene rings is 1. The predicted molar refractivity (Wildman–Crippen MR) is 84.1 cm³/mol. The molecule has 1 aliphatic heterocycles. The Balaban J connectivity index is 2.12. The Labute approximate surface area is 123 Å². The average molecular weight is 298 g/mol. The van der Waals surface area contributed by atoms with Gasteiger partial charge in [0, 0.05) is 36.2 Å². The number of hydrogen-bond acceptors (Lipinski definition) is 3. The zero-order valence-corrected chi connectivity index (χ0v) is 12.7. The van der Waals surface area contributed by atoms with Gasteiger partial charge in [0.2, 0.25) is 0 Å². The molecule has 1 unspecified atom stereocenters. The first kappa shape index (κ1) is 14.8. The van der Waals surface area contributed by atoms with Crippen molar-refractivity contribution in [1.82, 2.24) is 4.90 Å². The van der Waals surface area contributed by atoms with E-state index in [2.05, 4.69) is 11.8 Å². The van der Waals surface area contributed by atoms with Crippen molar-refractivity contribution >= 4 is 29.0 Å². The molecule has 1 aromatic rings. The summed E-state index contributed by atoms with van der Waals surface area (Å²) >= 11 is 7.05. The van der Waals surface area contributed by atoms with Crippen molar-refractivity contribution in [3.8, 4) is 0 Å². The molecule has 1 fully saturated rings. The van der Waals surface area contributed by atoms with Gasteiger partial charge in [-0.2, -0.15) is 11.8 Å². The molecule has 1 saturated heterocycles. The standard InChI is InChI=1S/C14H19FN2S2/c1-2-12-9-17(5-6-19-12)8-10-3-4-11(15)7-13(10)14(16)18/h3-4,7,12H,2,5-6,8-9H2,1H3,(H2,16,18). The smallest absolute Gasteiger partial charge is 0.123 e. The molecule has 1 aromatic carbocycles. The Morgan fingerprint density at radius 2 is 2.37 bits per heavy atom. The molecule has 0 spiro atoms. The van der Waals surface area contributed by atoms with E-state index in [1.165, 1.54) is 18.6 Å². The first-order chi connectivity index (χ1) is 9.10. The molecule has 2 nitrogen and oxygen atoms in total. The maximum atomic E-state index is 13.3. The Morgan fingerprint density at radius 1 is 1.58 bits per heavy atom. The molecule has 19 heavy (non-hydrogen) atoms. The predicted octanol–water partition coefficient (Wildman–Crippen LogP) is 2.79. The van der Waals surface area contributed by atoms with E-state index in [1.807, 2.05) is 11.8 Å². The fraction of sp³-hybridized carbons (Fsp3) is 0.500. The summed E-state index contributed by atoms with van der Waals surface area (Å²) in [7, 11) is 0. The van der Waals surface area contributed by atoms with Gasteiger partial charge in [0.25, 0.3) is 0 Å². The first-order valence-corrected chi connectivity index (χ1v) is 7.98. The van der Waals surface area contributed by atoms with Crippen LogP contribution < -0.4 is 5.73 Å². The van der Waals surface area contributed by atoms with Gasteiger partial charge in [-0.1, -0.05) is 25.2 Å². The molecular formula is C14H19FN2S2. The number of thiocarbonyl (C=S) groups is 1. The highest BCUT2D eigenvalue weighted by molar-refractivity contribution is 8.00. The number of thioether (sulfide) groups is 1. The van der Waals surface area contributed by atoms with Crippen LogP contribution in [0.25, 0.3) is 0 Å². The summed E-state index contributed by atoms with van der Waals surface area (Å²) in [4.78, 5) is 2.67. The van der Waals surface area contributed by atoms with Crippen molar-refractivity contribution in [2.45, 2.75) is 25.1 Å². The van der Waals surface area contributed by atoms with Crippen molar-refractivity contribution in [3.05, 3.63) is 35.1 Å². The van der Waals surface area contributed by atoms with Gasteiger partial charge in [0.05, 0.1) is 0 Å². The maximum absolute atomic E-state index is 13.3. The van der Waals surface area contributed by atoms with E-state index >= 15 is 0 Å². The molecule has 0 aromatic heterocycles. The molecule has 0 radical (unpaired) electrons. The summed E-state index contributed by atoms with van der Waals surface area (Å²) in [5.74, 6) is 0.870. The van der Waals surface area contributed by atoms with Crippen molar-refractivity contribution < 1.29 is 4.39 Å². The first-order valence-electron chi connectivity index (χ1n) is 6.52. The Hall–Kier alpha value is -0.650. The molecule has 0 bridgehead atoms. The Bertz CT molecular complexity index is 465. The number of nitrogens with zero attached hydrogens (tertiary/aromatic N) is 1. The third kappa shape index (κ3) is 3.91. The lowest BCUT2D eigenvalue weighted by atomic mass is 10.1. The summed E-state index contributed by atoms with van der Waals surface area (Å²) in [6.45, 7) is 5.16. The highest BCUT2D eigenvalue weighted by Crippen LogP contribution is 2.23. The zero-order valence-electron chi connectivity index (χ0n) is 11.1. The van der Waals surface area contributed by atoms with E-state index in [0.717, 1.165) is 31.0 Å². The average Bonchev–Trinajstić information content (AvgIpc) is 2.41. The summed E-state index contributed by atoms with van der Waals surface area (Å²) < 4.78 is 13.3. The lowest BCUT2D eigenvalue weighted by Gasteiger charge is -2.32. The Kier molecular flexibility index (Phi) is 5.19. The van der Waals surface area contributed by atoms with Crippen LogP contribution in [-0.2, 0) is 6.54 Å². The van der Waals surface area contributed by atoms with Crippen LogP contribution >= 0.6 is 24.0 Å². The topological polar surface area (TPSA) is 29.3 Å². The van der Waals surface area contributed by atoms with Gasteiger partial charge in [-0.3, -0.25) is 4.90 Å². The lowest BCUT2D eigenvalue weighted by Crippen LogP contribution is -2.37. The monoisotopic (exact) mass is 298 g/mol. The van der Waals surface area contributed by atoms with Gasteiger partial charge in [-0.15, -0.1) is 0 Å². The van der Waals surface area contributed by atoms with Crippen molar-refractivity contribution in [2.75, 3.05) is 18.8 Å². The van der Waals surface area contributed by atoms with Crippen LogP contribution in [0.1, 0.15) is 24.5 Å². The third-order valence-corrected chi connectivity index (χ3v) is 5.00. The maximum Gasteiger partial charge on any atom is 0.123 e. The molecule has 2 rings (SSSR count). The minimum Gasteiger partial charge on any atom is -0.389 e. The summed E-state index contributed by atoms with van der Waals surface area (Å²) in [5.41, 5.74) is 7.38. The van der Waals surface area contributed by atoms with Crippen LogP contribution in [0.15, 0.2) is 18.2 Å². The summed E-state index contributed by atoms with van der Waals surface area (Å²) in [5, 5.41) is 0.697. The van der Waals surface area contributed by atoms with Crippen LogP contribution in [0, 0.1) is 5.82 Å². The van der Waals surface area contributed by atoms with E-state index < -0.39 is 0 Å². The molecule has 1 aliphatic rings. The number of hydrogen-bond donors (Lipinski definition) is 1. The zero-order chi connectivity index (χ0) is 13.8. The fourth-order valence-electron chi connectivity index (χ4n) is 2.33. The van der Waals surface area contributed by atoms with Gasteiger partial charge >= 0.3 is 0 Å². The molecule has 1 atom stereocenters. The second-order valence-electron chi connectivity index (χ2n) is 4.80. The molecule has 2 N–H and O–H groups in total. The minimum absolute atomic E-state index is 0.271. The molecule has 5 heteroatoms. The number of halogens is 1. The van der Waals surface area contributed by atoms with Gasteiger partial charge in [0.15, 0.2) is 0 Å². The lowest BCUT2D eigenvalue weighted by molar-refractivity contribution is 0.273. The highest BCUT2D eigenvalue weighted by atomic mass is 32.2. The van der Waals surface area contributed by atoms with E-state index in [-0.39, 0.29) is 10.8 Å². The summed E-state index contributed by atoms with van der Waals surface area (Å²) in [6.07, 6.45) is 1.19. The normalized spacial score (nSPS) is 20.4. The van der Waals surface area contributed by atoms with Crippen LogP contribution in [0.4, 0.5) is 4.39 Å². The van der Waals surface area contributed by atoms with Crippen LogP contribution in [0.3, 0.4) is 0 Å². The number of nitrogens with two attached hydrogens (primary N) is 1. The quantitative estimate of drug-likeness (QED) is 0.866. The summed E-state index contributed by atoms with van der Waals surface area (Å²) in [6, 6.07) is 4.72. The van der Waals surface area contributed by atoms with Crippen molar-refractivity contribution in [2.24, 2.45) is 5.73 Å². The van der Waals surface area contributed by atoms with Crippen LogP contribution in [0.5, 0.6) is 0 Å². The van der Waals surface area contributed by atoms with Crippen molar-refractivity contribution in [3.63, 3.8) is 0 Å². The SMILES string of the molecule is CCC1CN(Cc2ccc(F)cc2C(N)=S)CCS1. The molecule has 1 heterocycles. The van der Waals surface area contributed by atoms with E-state index in [9.17, 15) is 4.39 Å². The third-order valence-electron chi connectivity index (χ3n) is 3.41. The second kappa shape index (κ2) is 6.68. The molecule has 104 valence electrons. The van der Waals surface area contributed by atoms with Gasteiger partial charge in [0.1, 0.15) is 10.8 Å². The number of rotatable bonds is 4. The van der Waals surface area contributed by atoms with Gasteiger partial charge in [-0.05, 0) is 24.1 Å². The van der Waals surface area contributed by atoms with E-state index in [4.69, 9.17) is 18.0 Å². The highest BCUT2D eigenvalue weighted by Gasteiger charge is 2.20. The molecular weight excluding hydrogens is 279 g/mol. The van der Waals surface area contributed by atoms with Crippen molar-refractivity contribution in [1.29, 1.82) is 0 Å². The minimum atomic E-state index is -0.285. The fourth-order valence-corrected chi connectivity index (χ4v) is 3.77. The molecule has 0 amide bonds. The van der Waals surface area contributed by atoms with Gasteiger partial charge in [-0.25, -0.2) is 4.39 Å². The van der Waals surface area contributed by atoms with Crippen LogP contribution in [-0.4, -0.2) is 34.0 Å². The van der Waals surface area contributed by atoms with Crippen LogP contribution in [0.2, 0.25) is 0 Å². The Morgan fingerprint density at radius 3 is 3.05 bits per heavy atom. The van der Waals surface area contributed by atoms with Gasteiger partial charge < -0.3 is 5.73 Å². The van der Waals surface area contributed by atoms with E-state index in [0.29, 0.717) is 10.8 Å². The van der Waals surface area contributed by atoms with E-state index in [1.54, 1.807) is 6.07 Å². The molecule has 0 aliphatic carbocycles. The second-order valence-corrected chi connectivity index (χ2v) is 6.65.